The topological polar surface area (TPSA) is 76.2 Å². The van der Waals surface area contributed by atoms with Crippen molar-refractivity contribution in [3.05, 3.63) is 38.3 Å². The summed E-state index contributed by atoms with van der Waals surface area (Å²) in [5.41, 5.74) is -0.000334. The van der Waals surface area contributed by atoms with Gasteiger partial charge < -0.3 is 4.74 Å². The highest BCUT2D eigenvalue weighted by atomic mass is 79.9. The van der Waals surface area contributed by atoms with Gasteiger partial charge in [0.15, 0.2) is 0 Å². The molecule has 0 bridgehead atoms. The van der Waals surface area contributed by atoms with Crippen molar-refractivity contribution in [2.75, 3.05) is 13.2 Å². The molecular weight excluding hydrogens is 300 g/mol. The molecule has 0 amide bonds. The Labute approximate surface area is 113 Å². The van der Waals surface area contributed by atoms with E-state index in [4.69, 9.17) is 4.74 Å². The summed E-state index contributed by atoms with van der Waals surface area (Å²) in [7, 11) is 0. The molecule has 18 heavy (non-hydrogen) atoms. The highest BCUT2D eigenvalue weighted by molar-refractivity contribution is 9.10. The summed E-state index contributed by atoms with van der Waals surface area (Å²) in [6.07, 6.45) is 0.976. The molecule has 1 aromatic carbocycles. The van der Waals surface area contributed by atoms with E-state index in [1.807, 2.05) is 0 Å². The number of rotatable bonds is 3. The molecule has 6 heteroatoms. The average molecular weight is 311 g/mol. The summed E-state index contributed by atoms with van der Waals surface area (Å²) in [6, 6.07) is 7.16. The number of hydrogen-bond acceptors (Lipinski definition) is 4. The number of nitrogens with zero attached hydrogens (tertiary/aromatic N) is 2. The molecule has 2 rings (SSSR count). The van der Waals surface area contributed by atoms with Gasteiger partial charge in [0.1, 0.15) is 0 Å². The molecule has 0 aromatic heterocycles. The Morgan fingerprint density at radius 2 is 2.39 bits per heavy atom. The monoisotopic (exact) mass is 310 g/mol. The summed E-state index contributed by atoms with van der Waals surface area (Å²) in [5.74, 6) is 0. The number of ether oxygens (including phenoxy) is 1. The maximum absolute atomic E-state index is 11.0. The van der Waals surface area contributed by atoms with Crippen molar-refractivity contribution >= 4 is 21.6 Å². The minimum absolute atomic E-state index is 0.0471. The lowest BCUT2D eigenvalue weighted by Crippen LogP contribution is -2.22. The summed E-state index contributed by atoms with van der Waals surface area (Å²) in [6.45, 7) is 0.884. The molecule has 0 aliphatic carbocycles. The van der Waals surface area contributed by atoms with Gasteiger partial charge in [0, 0.05) is 29.1 Å². The standard InChI is InChI=1S/C12H11BrN2O3/c13-10-2-1-9(11(5-10)15(16)17)6-12(7-14)3-4-18-8-12/h1-2,5H,3-4,6,8H2. The van der Waals surface area contributed by atoms with Gasteiger partial charge in [0.25, 0.3) is 5.69 Å². The van der Waals surface area contributed by atoms with Crippen LogP contribution in [-0.4, -0.2) is 18.1 Å². The van der Waals surface area contributed by atoms with Gasteiger partial charge in [0.05, 0.1) is 23.0 Å². The summed E-state index contributed by atoms with van der Waals surface area (Å²) < 4.78 is 5.90. The van der Waals surface area contributed by atoms with Crippen LogP contribution in [0.25, 0.3) is 0 Å². The fourth-order valence-electron chi connectivity index (χ4n) is 2.10. The smallest absolute Gasteiger partial charge is 0.273 e. The third-order valence-corrected chi connectivity index (χ3v) is 3.61. The minimum Gasteiger partial charge on any atom is -0.380 e. The van der Waals surface area contributed by atoms with Gasteiger partial charge in [-0.2, -0.15) is 5.26 Å². The lowest BCUT2D eigenvalue weighted by molar-refractivity contribution is -0.385. The third-order valence-electron chi connectivity index (χ3n) is 3.11. The number of halogens is 1. The van der Waals surface area contributed by atoms with Crippen LogP contribution >= 0.6 is 15.9 Å². The first-order valence-electron chi connectivity index (χ1n) is 5.48. The second kappa shape index (κ2) is 5.04. The van der Waals surface area contributed by atoms with E-state index < -0.39 is 10.3 Å². The Bertz CT molecular complexity index is 519. The van der Waals surface area contributed by atoms with Gasteiger partial charge in [-0.1, -0.05) is 22.0 Å². The van der Waals surface area contributed by atoms with Gasteiger partial charge in [-0.15, -0.1) is 0 Å². The summed E-state index contributed by atoms with van der Waals surface area (Å²) in [5, 5.41) is 20.3. The molecular formula is C12H11BrN2O3. The Kier molecular flexibility index (Phi) is 3.64. The van der Waals surface area contributed by atoms with E-state index in [0.717, 1.165) is 0 Å². The first-order chi connectivity index (χ1) is 8.56. The lowest BCUT2D eigenvalue weighted by Gasteiger charge is -2.18. The van der Waals surface area contributed by atoms with Crippen LogP contribution in [-0.2, 0) is 11.2 Å². The van der Waals surface area contributed by atoms with Crippen molar-refractivity contribution in [2.45, 2.75) is 12.8 Å². The SMILES string of the molecule is N#CC1(Cc2ccc(Br)cc2[N+](=O)[O-])CCOC1. The summed E-state index contributed by atoms with van der Waals surface area (Å²) >= 11 is 3.21. The predicted molar refractivity (Wildman–Crippen MR) is 68.0 cm³/mol. The number of nitro groups is 1. The Morgan fingerprint density at radius 3 is 2.94 bits per heavy atom. The van der Waals surface area contributed by atoms with Gasteiger partial charge >= 0.3 is 0 Å². The summed E-state index contributed by atoms with van der Waals surface area (Å²) in [4.78, 5) is 10.6. The van der Waals surface area contributed by atoms with E-state index in [2.05, 4.69) is 22.0 Å². The van der Waals surface area contributed by atoms with Crippen LogP contribution in [0.4, 0.5) is 5.69 Å². The van der Waals surface area contributed by atoms with Gasteiger partial charge in [0.2, 0.25) is 0 Å². The zero-order valence-corrected chi connectivity index (χ0v) is 11.1. The molecule has 1 unspecified atom stereocenters. The minimum atomic E-state index is -0.626. The van der Waals surface area contributed by atoms with E-state index in [-0.39, 0.29) is 5.69 Å². The van der Waals surface area contributed by atoms with Crippen molar-refractivity contribution < 1.29 is 9.66 Å². The number of hydrogen-bond donors (Lipinski definition) is 0. The van der Waals surface area contributed by atoms with Crippen LogP contribution in [0.2, 0.25) is 0 Å². The molecule has 5 nitrogen and oxygen atoms in total. The van der Waals surface area contributed by atoms with E-state index in [1.165, 1.54) is 6.07 Å². The molecule has 1 aliphatic heterocycles. The molecule has 0 radical (unpaired) electrons. The Hall–Kier alpha value is -1.45. The molecule has 1 aliphatic rings. The molecule has 0 spiro atoms. The largest absolute Gasteiger partial charge is 0.380 e. The average Bonchev–Trinajstić information content (AvgIpc) is 2.80. The quantitative estimate of drug-likeness (QED) is 0.635. The second-order valence-corrected chi connectivity index (χ2v) is 5.32. The van der Waals surface area contributed by atoms with Gasteiger partial charge in [-0.25, -0.2) is 0 Å². The van der Waals surface area contributed by atoms with Crippen LogP contribution in [0.1, 0.15) is 12.0 Å². The number of nitro benzene ring substituents is 1. The Balaban J connectivity index is 2.34. The molecule has 0 N–H and O–H groups in total. The van der Waals surface area contributed by atoms with Crippen molar-refractivity contribution in [3.63, 3.8) is 0 Å². The zero-order valence-electron chi connectivity index (χ0n) is 9.56. The fourth-order valence-corrected chi connectivity index (χ4v) is 2.44. The second-order valence-electron chi connectivity index (χ2n) is 4.40. The maximum Gasteiger partial charge on any atom is 0.273 e. The van der Waals surface area contributed by atoms with Crippen molar-refractivity contribution in [2.24, 2.45) is 5.41 Å². The Morgan fingerprint density at radius 1 is 1.61 bits per heavy atom. The predicted octanol–water partition coefficient (Wildman–Crippen LogP) is 2.83. The number of benzene rings is 1. The highest BCUT2D eigenvalue weighted by Crippen LogP contribution is 2.35. The maximum atomic E-state index is 11.0. The fraction of sp³-hybridized carbons (Fsp3) is 0.417. The molecule has 1 aromatic rings. The molecule has 1 heterocycles. The first kappa shape index (κ1) is 13.0. The van der Waals surface area contributed by atoms with E-state index in [1.54, 1.807) is 12.1 Å². The third kappa shape index (κ3) is 2.52. The van der Waals surface area contributed by atoms with E-state index in [0.29, 0.717) is 36.1 Å². The molecule has 0 saturated carbocycles. The number of nitriles is 1. The van der Waals surface area contributed by atoms with Crippen LogP contribution < -0.4 is 0 Å². The normalized spacial score (nSPS) is 22.7. The highest BCUT2D eigenvalue weighted by Gasteiger charge is 2.37. The first-order valence-corrected chi connectivity index (χ1v) is 6.27. The molecule has 1 saturated heterocycles. The molecule has 1 atom stereocenters. The molecule has 94 valence electrons. The van der Waals surface area contributed by atoms with Crippen LogP contribution in [0, 0.1) is 26.9 Å². The van der Waals surface area contributed by atoms with Crippen LogP contribution in [0.3, 0.4) is 0 Å². The van der Waals surface area contributed by atoms with E-state index in [9.17, 15) is 15.4 Å². The van der Waals surface area contributed by atoms with Crippen molar-refractivity contribution in [3.8, 4) is 6.07 Å². The van der Waals surface area contributed by atoms with Gasteiger partial charge in [-0.3, -0.25) is 10.1 Å². The zero-order chi connectivity index (χ0) is 13.2. The van der Waals surface area contributed by atoms with E-state index >= 15 is 0 Å². The van der Waals surface area contributed by atoms with Crippen LogP contribution in [0.5, 0.6) is 0 Å². The lowest BCUT2D eigenvalue weighted by atomic mass is 9.82. The van der Waals surface area contributed by atoms with Gasteiger partial charge in [-0.05, 0) is 12.5 Å². The molecule has 1 fully saturated rings. The van der Waals surface area contributed by atoms with Crippen LogP contribution in [0.15, 0.2) is 22.7 Å². The van der Waals surface area contributed by atoms with Crippen molar-refractivity contribution in [1.82, 2.24) is 0 Å². The van der Waals surface area contributed by atoms with Crippen molar-refractivity contribution in [1.29, 1.82) is 5.26 Å².